The molecule has 2 N–H and O–H groups in total. The average Bonchev–Trinajstić information content (AvgIpc) is 3.01. The number of carbonyl (C=O) groups is 1. The monoisotopic (exact) mass is 384 g/mol. The van der Waals surface area contributed by atoms with Gasteiger partial charge in [-0.05, 0) is 12.1 Å². The molecule has 0 bridgehead atoms. The van der Waals surface area contributed by atoms with Crippen LogP contribution in [0.5, 0.6) is 11.5 Å². The molecule has 0 unspecified atom stereocenters. The molecule has 2 rings (SSSR count). The molecule has 0 radical (unpaired) electrons. The molecule has 0 saturated heterocycles. The van der Waals surface area contributed by atoms with Crippen LogP contribution in [0.1, 0.15) is 17.7 Å². The Morgan fingerprint density at radius 3 is 2.70 bits per heavy atom. The van der Waals surface area contributed by atoms with Gasteiger partial charge in [-0.2, -0.15) is 5.10 Å². The Morgan fingerprint density at radius 1 is 1.37 bits per heavy atom. The lowest BCUT2D eigenvalue weighted by Crippen LogP contribution is -2.36. The van der Waals surface area contributed by atoms with Gasteiger partial charge in [0.15, 0.2) is 0 Å². The molecular weight excluding hydrogens is 362 g/mol. The number of alkyl halides is 2. The number of rotatable bonds is 8. The van der Waals surface area contributed by atoms with Crippen molar-refractivity contribution >= 4 is 11.7 Å². The highest BCUT2D eigenvalue weighted by Crippen LogP contribution is 2.28. The number of halogens is 2. The minimum absolute atomic E-state index is 0.00525. The van der Waals surface area contributed by atoms with Crippen molar-refractivity contribution < 1.29 is 28.2 Å². The minimum atomic E-state index is -2.79. The fraction of sp³-hybridized carbons (Fsp3) is 0.412. The van der Waals surface area contributed by atoms with E-state index in [1.54, 1.807) is 18.2 Å². The molecule has 8 nitrogen and oxygen atoms in total. The first-order valence-electron chi connectivity index (χ1n) is 8.09. The van der Waals surface area contributed by atoms with E-state index >= 15 is 0 Å². The summed E-state index contributed by atoms with van der Waals surface area (Å²) in [5.41, 5.74) is 0.193. The van der Waals surface area contributed by atoms with Gasteiger partial charge in [0.25, 0.3) is 6.43 Å². The van der Waals surface area contributed by atoms with Crippen LogP contribution in [0.3, 0.4) is 0 Å². The number of hydrogen-bond donors (Lipinski definition) is 2. The Labute approximate surface area is 155 Å². The van der Waals surface area contributed by atoms with Crippen LogP contribution in [-0.2, 0) is 13.6 Å². The average molecular weight is 384 g/mol. The van der Waals surface area contributed by atoms with Gasteiger partial charge in [0.05, 0.1) is 39.3 Å². The first-order valence-corrected chi connectivity index (χ1v) is 8.09. The van der Waals surface area contributed by atoms with E-state index in [-0.39, 0.29) is 25.4 Å². The van der Waals surface area contributed by atoms with Crippen molar-refractivity contribution in [2.24, 2.45) is 7.05 Å². The molecule has 0 atom stereocenters. The second-order valence-corrected chi connectivity index (χ2v) is 5.62. The topological polar surface area (TPSA) is 88.9 Å². The molecule has 0 spiro atoms. The van der Waals surface area contributed by atoms with Crippen LogP contribution in [0.15, 0.2) is 24.4 Å². The molecule has 0 fully saturated rings. The predicted molar refractivity (Wildman–Crippen MR) is 94.2 cm³/mol. The zero-order valence-electron chi connectivity index (χ0n) is 15.3. The Hall–Kier alpha value is -2.88. The quantitative estimate of drug-likeness (QED) is 0.730. The summed E-state index contributed by atoms with van der Waals surface area (Å²) >= 11 is 0. The van der Waals surface area contributed by atoms with Gasteiger partial charge in [-0.3, -0.25) is 4.68 Å². The lowest BCUT2D eigenvalue weighted by Gasteiger charge is -2.23. The van der Waals surface area contributed by atoms with E-state index < -0.39 is 18.2 Å². The Morgan fingerprint density at radius 2 is 2.11 bits per heavy atom. The van der Waals surface area contributed by atoms with Gasteiger partial charge in [-0.15, -0.1) is 0 Å². The van der Waals surface area contributed by atoms with Gasteiger partial charge in [-0.25, -0.2) is 13.6 Å². The summed E-state index contributed by atoms with van der Waals surface area (Å²) in [4.78, 5) is 13.9. The number of aliphatic hydroxyl groups is 1. The number of amides is 2. The molecule has 10 heteroatoms. The fourth-order valence-corrected chi connectivity index (χ4v) is 2.56. The van der Waals surface area contributed by atoms with Crippen molar-refractivity contribution in [3.8, 4) is 11.5 Å². The van der Waals surface area contributed by atoms with Gasteiger partial charge in [0.2, 0.25) is 0 Å². The van der Waals surface area contributed by atoms with Gasteiger partial charge in [-0.1, -0.05) is 0 Å². The van der Waals surface area contributed by atoms with Crippen molar-refractivity contribution in [2.75, 3.05) is 32.7 Å². The second kappa shape index (κ2) is 9.17. The van der Waals surface area contributed by atoms with Crippen LogP contribution >= 0.6 is 0 Å². The number of aryl methyl sites for hydroxylation is 1. The van der Waals surface area contributed by atoms with Crippen molar-refractivity contribution in [1.82, 2.24) is 14.7 Å². The van der Waals surface area contributed by atoms with E-state index in [1.165, 1.54) is 26.2 Å². The first kappa shape index (κ1) is 20.4. The maximum Gasteiger partial charge on any atom is 0.322 e. The zero-order chi connectivity index (χ0) is 20.0. The maximum absolute atomic E-state index is 13.1. The summed E-state index contributed by atoms with van der Waals surface area (Å²) in [5, 5.41) is 15.4. The molecule has 1 heterocycles. The van der Waals surface area contributed by atoms with Crippen LogP contribution in [0.25, 0.3) is 0 Å². The zero-order valence-corrected chi connectivity index (χ0v) is 15.3. The van der Waals surface area contributed by atoms with Crippen molar-refractivity contribution in [3.63, 3.8) is 0 Å². The van der Waals surface area contributed by atoms with Crippen molar-refractivity contribution in [2.45, 2.75) is 13.0 Å². The Kier molecular flexibility index (Phi) is 6.94. The SMILES string of the molecule is COc1ccc(CN(CCO)C(=O)Nc2cnn(C)c2C(F)F)c(OC)c1. The number of urea groups is 1. The number of anilines is 1. The largest absolute Gasteiger partial charge is 0.497 e. The van der Waals surface area contributed by atoms with E-state index in [4.69, 9.17) is 9.47 Å². The number of ether oxygens (including phenoxy) is 2. The van der Waals surface area contributed by atoms with Crippen LogP contribution < -0.4 is 14.8 Å². The third-order valence-electron chi connectivity index (χ3n) is 3.95. The standard InChI is InChI=1S/C17H22F2N4O4/c1-22-15(16(18)19)13(9-20-22)21-17(25)23(6-7-24)10-11-4-5-12(26-2)8-14(11)27-3/h4-5,8-9,16,24H,6-7,10H2,1-3H3,(H,21,25). The highest BCUT2D eigenvalue weighted by atomic mass is 19.3. The number of carbonyl (C=O) groups excluding carboxylic acids is 1. The molecule has 2 aromatic rings. The molecule has 0 saturated carbocycles. The van der Waals surface area contributed by atoms with E-state index in [1.807, 2.05) is 0 Å². The van der Waals surface area contributed by atoms with Gasteiger partial charge >= 0.3 is 6.03 Å². The van der Waals surface area contributed by atoms with Crippen LogP contribution in [-0.4, -0.2) is 53.2 Å². The van der Waals surface area contributed by atoms with E-state index in [0.717, 1.165) is 10.9 Å². The van der Waals surface area contributed by atoms with Crippen LogP contribution in [0.4, 0.5) is 19.3 Å². The second-order valence-electron chi connectivity index (χ2n) is 5.62. The van der Waals surface area contributed by atoms with E-state index in [2.05, 4.69) is 10.4 Å². The third-order valence-corrected chi connectivity index (χ3v) is 3.95. The smallest absolute Gasteiger partial charge is 0.322 e. The van der Waals surface area contributed by atoms with Crippen molar-refractivity contribution in [1.29, 1.82) is 0 Å². The number of benzene rings is 1. The maximum atomic E-state index is 13.1. The number of methoxy groups -OCH3 is 2. The molecule has 1 aromatic heterocycles. The summed E-state index contributed by atoms with van der Waals surface area (Å²) in [7, 11) is 4.37. The molecule has 27 heavy (non-hydrogen) atoms. The van der Waals surface area contributed by atoms with Gasteiger partial charge < -0.3 is 24.8 Å². The summed E-state index contributed by atoms with van der Waals surface area (Å²) in [6.07, 6.45) is -1.63. The molecule has 0 aliphatic heterocycles. The summed E-state index contributed by atoms with van der Waals surface area (Å²) in [5.74, 6) is 1.09. The summed E-state index contributed by atoms with van der Waals surface area (Å²) in [6, 6.07) is 4.46. The molecule has 0 aliphatic rings. The lowest BCUT2D eigenvalue weighted by molar-refractivity contribution is 0.141. The number of nitrogens with zero attached hydrogens (tertiary/aromatic N) is 3. The number of aliphatic hydroxyl groups excluding tert-OH is 1. The molecule has 148 valence electrons. The van der Waals surface area contributed by atoms with Crippen LogP contribution in [0.2, 0.25) is 0 Å². The van der Waals surface area contributed by atoms with E-state index in [9.17, 15) is 18.7 Å². The number of aromatic nitrogens is 2. The third kappa shape index (κ3) is 4.85. The Balaban J connectivity index is 2.21. The molecular formula is C17H22F2N4O4. The predicted octanol–water partition coefficient (Wildman–Crippen LogP) is 2.40. The fourth-order valence-electron chi connectivity index (χ4n) is 2.56. The normalized spacial score (nSPS) is 10.8. The summed E-state index contributed by atoms with van der Waals surface area (Å²) in [6.45, 7) is -0.185. The molecule has 1 aromatic carbocycles. The van der Waals surface area contributed by atoms with E-state index in [0.29, 0.717) is 17.1 Å². The minimum Gasteiger partial charge on any atom is -0.497 e. The number of nitrogens with one attached hydrogen (secondary N) is 1. The highest BCUT2D eigenvalue weighted by molar-refractivity contribution is 5.89. The van der Waals surface area contributed by atoms with Crippen LogP contribution in [0, 0.1) is 0 Å². The lowest BCUT2D eigenvalue weighted by atomic mass is 10.1. The summed E-state index contributed by atoms with van der Waals surface area (Å²) < 4.78 is 37.7. The van der Waals surface area contributed by atoms with Gasteiger partial charge in [0.1, 0.15) is 17.2 Å². The van der Waals surface area contributed by atoms with Crippen molar-refractivity contribution in [3.05, 3.63) is 35.7 Å². The highest BCUT2D eigenvalue weighted by Gasteiger charge is 2.22. The molecule has 2 amide bonds. The molecule has 0 aliphatic carbocycles. The first-order chi connectivity index (χ1) is 12.9. The Bertz CT molecular complexity index is 782. The number of hydrogen-bond acceptors (Lipinski definition) is 5. The van der Waals surface area contributed by atoms with Gasteiger partial charge in [0, 0.05) is 25.2 Å².